The van der Waals surface area contributed by atoms with E-state index in [1.807, 2.05) is 0 Å². The minimum atomic E-state index is 0.0901. The molecule has 1 heterocycles. The summed E-state index contributed by atoms with van der Waals surface area (Å²) >= 11 is 0. The Balaban J connectivity index is 1.73. The topological polar surface area (TPSA) is 9.23 Å². The van der Waals surface area contributed by atoms with Gasteiger partial charge in [-0.25, -0.2) is 0 Å². The van der Waals surface area contributed by atoms with Crippen LogP contribution in [0, 0.1) is 0 Å². The Bertz CT molecular complexity index is 805. The van der Waals surface area contributed by atoms with Gasteiger partial charge in [-0.2, -0.15) is 0 Å². The lowest BCUT2D eigenvalue weighted by atomic mass is 9.81. The minimum absolute atomic E-state index is 0.0901. The summed E-state index contributed by atoms with van der Waals surface area (Å²) in [5, 5.41) is 0. The van der Waals surface area contributed by atoms with Crippen LogP contribution in [-0.2, 0) is 5.41 Å². The van der Waals surface area contributed by atoms with Crippen LogP contribution in [0.5, 0.6) is 11.5 Å². The minimum Gasteiger partial charge on any atom is -0.457 e. The van der Waals surface area contributed by atoms with Crippen molar-refractivity contribution in [2.24, 2.45) is 0 Å². The highest BCUT2D eigenvalue weighted by Crippen LogP contribution is 2.69. The molecule has 22 heavy (non-hydrogen) atoms. The Morgan fingerprint density at radius 3 is 1.86 bits per heavy atom. The SMILES string of the molecule is c1ccc(C2CC23c2ccccc2Oc2ccccc23)cc1. The van der Waals surface area contributed by atoms with Gasteiger partial charge in [0, 0.05) is 16.5 Å². The van der Waals surface area contributed by atoms with E-state index in [2.05, 4.69) is 78.9 Å². The van der Waals surface area contributed by atoms with Gasteiger partial charge in [0.2, 0.25) is 0 Å². The van der Waals surface area contributed by atoms with Crippen molar-refractivity contribution in [2.75, 3.05) is 0 Å². The van der Waals surface area contributed by atoms with Crippen molar-refractivity contribution in [2.45, 2.75) is 17.8 Å². The van der Waals surface area contributed by atoms with E-state index in [1.165, 1.54) is 16.7 Å². The number of rotatable bonds is 1. The van der Waals surface area contributed by atoms with Crippen LogP contribution in [0.15, 0.2) is 78.9 Å². The second-order valence-corrected chi connectivity index (χ2v) is 6.23. The molecule has 0 saturated heterocycles. The van der Waals surface area contributed by atoms with E-state index in [9.17, 15) is 0 Å². The fourth-order valence-electron chi connectivity index (χ4n) is 4.06. The molecule has 1 spiro atoms. The van der Waals surface area contributed by atoms with Gasteiger partial charge >= 0.3 is 0 Å². The van der Waals surface area contributed by atoms with Crippen LogP contribution in [0.2, 0.25) is 0 Å². The van der Waals surface area contributed by atoms with Gasteiger partial charge in [-0.05, 0) is 30.0 Å². The number of benzene rings is 3. The first-order chi connectivity index (χ1) is 10.9. The van der Waals surface area contributed by atoms with E-state index in [0.717, 1.165) is 17.9 Å². The third kappa shape index (κ3) is 1.48. The molecule has 5 rings (SSSR count). The van der Waals surface area contributed by atoms with Gasteiger partial charge in [0.05, 0.1) is 0 Å². The standard InChI is InChI=1S/C21H16O/c1-2-8-15(9-3-1)18-14-21(18)16-10-4-6-12-19(16)22-20-13-7-5-11-17(20)21/h1-13,18H,14H2. The third-order valence-corrected chi connectivity index (χ3v) is 5.12. The Morgan fingerprint density at radius 2 is 1.23 bits per heavy atom. The molecule has 3 aromatic rings. The Labute approximate surface area is 130 Å². The predicted octanol–water partition coefficient (Wildman–Crippen LogP) is 5.27. The summed E-state index contributed by atoms with van der Waals surface area (Å²) in [6.45, 7) is 0. The average molecular weight is 284 g/mol. The largest absolute Gasteiger partial charge is 0.457 e. The molecule has 1 saturated carbocycles. The number of ether oxygens (including phenoxy) is 1. The molecule has 2 aliphatic rings. The number of fused-ring (bicyclic) bond motifs is 4. The summed E-state index contributed by atoms with van der Waals surface area (Å²) in [6.07, 6.45) is 1.16. The van der Waals surface area contributed by atoms with E-state index in [0.29, 0.717) is 5.92 Å². The van der Waals surface area contributed by atoms with E-state index < -0.39 is 0 Å². The summed E-state index contributed by atoms with van der Waals surface area (Å²) in [4.78, 5) is 0. The lowest BCUT2D eigenvalue weighted by Gasteiger charge is -2.29. The normalized spacial score (nSPS) is 19.9. The molecule has 1 aliphatic heterocycles. The van der Waals surface area contributed by atoms with E-state index >= 15 is 0 Å². The molecule has 0 amide bonds. The Morgan fingerprint density at radius 1 is 0.682 bits per heavy atom. The third-order valence-electron chi connectivity index (χ3n) is 5.12. The molecule has 1 atom stereocenters. The first-order valence-electron chi connectivity index (χ1n) is 7.81. The lowest BCUT2D eigenvalue weighted by Crippen LogP contribution is -2.18. The van der Waals surface area contributed by atoms with Crippen molar-refractivity contribution in [3.63, 3.8) is 0 Å². The maximum absolute atomic E-state index is 6.14. The zero-order chi connectivity index (χ0) is 14.6. The second kappa shape index (κ2) is 4.23. The van der Waals surface area contributed by atoms with Crippen molar-refractivity contribution in [1.82, 2.24) is 0 Å². The summed E-state index contributed by atoms with van der Waals surface area (Å²) in [5.74, 6) is 2.57. The average Bonchev–Trinajstić information content (AvgIpc) is 3.32. The van der Waals surface area contributed by atoms with Crippen LogP contribution in [0.25, 0.3) is 0 Å². The van der Waals surface area contributed by atoms with Crippen LogP contribution < -0.4 is 4.74 Å². The Kier molecular flexibility index (Phi) is 2.32. The van der Waals surface area contributed by atoms with E-state index in [-0.39, 0.29) is 5.41 Å². The van der Waals surface area contributed by atoms with Crippen LogP contribution >= 0.6 is 0 Å². The monoisotopic (exact) mass is 284 g/mol. The van der Waals surface area contributed by atoms with Gasteiger partial charge in [0.15, 0.2) is 0 Å². The van der Waals surface area contributed by atoms with E-state index in [4.69, 9.17) is 4.74 Å². The molecule has 0 radical (unpaired) electrons. The fourth-order valence-corrected chi connectivity index (χ4v) is 4.06. The maximum Gasteiger partial charge on any atom is 0.131 e. The van der Waals surface area contributed by atoms with Crippen LogP contribution in [0.1, 0.15) is 29.0 Å². The fraction of sp³-hybridized carbons (Fsp3) is 0.143. The van der Waals surface area contributed by atoms with Crippen molar-refractivity contribution in [3.8, 4) is 11.5 Å². The molecular weight excluding hydrogens is 268 g/mol. The first-order valence-corrected chi connectivity index (χ1v) is 7.81. The summed E-state index contributed by atoms with van der Waals surface area (Å²) in [5.41, 5.74) is 4.19. The van der Waals surface area contributed by atoms with Crippen LogP contribution in [-0.4, -0.2) is 0 Å². The number of para-hydroxylation sites is 2. The van der Waals surface area contributed by atoms with Crippen molar-refractivity contribution >= 4 is 0 Å². The summed E-state index contributed by atoms with van der Waals surface area (Å²) in [7, 11) is 0. The summed E-state index contributed by atoms with van der Waals surface area (Å²) in [6, 6.07) is 27.9. The highest BCUT2D eigenvalue weighted by atomic mass is 16.5. The molecular formula is C21H16O. The van der Waals surface area contributed by atoms with Gasteiger partial charge in [-0.3, -0.25) is 0 Å². The molecule has 1 nitrogen and oxygen atoms in total. The highest BCUT2D eigenvalue weighted by molar-refractivity contribution is 5.64. The zero-order valence-corrected chi connectivity index (χ0v) is 12.2. The zero-order valence-electron chi connectivity index (χ0n) is 12.2. The second-order valence-electron chi connectivity index (χ2n) is 6.23. The van der Waals surface area contributed by atoms with Gasteiger partial charge in [-0.1, -0.05) is 66.7 Å². The van der Waals surface area contributed by atoms with Crippen molar-refractivity contribution < 1.29 is 4.74 Å². The van der Waals surface area contributed by atoms with Gasteiger partial charge in [-0.15, -0.1) is 0 Å². The molecule has 0 bridgehead atoms. The van der Waals surface area contributed by atoms with Gasteiger partial charge in [0.25, 0.3) is 0 Å². The highest BCUT2D eigenvalue weighted by Gasteiger charge is 2.60. The van der Waals surface area contributed by atoms with E-state index in [1.54, 1.807) is 0 Å². The molecule has 1 unspecified atom stereocenters. The first kappa shape index (κ1) is 12.0. The van der Waals surface area contributed by atoms with Crippen molar-refractivity contribution in [3.05, 3.63) is 95.6 Å². The molecule has 0 N–H and O–H groups in total. The molecule has 106 valence electrons. The van der Waals surface area contributed by atoms with Crippen molar-refractivity contribution in [1.29, 1.82) is 0 Å². The van der Waals surface area contributed by atoms with Gasteiger partial charge < -0.3 is 4.74 Å². The van der Waals surface area contributed by atoms with Crippen LogP contribution in [0.4, 0.5) is 0 Å². The smallest absolute Gasteiger partial charge is 0.131 e. The number of hydrogen-bond acceptors (Lipinski definition) is 1. The molecule has 3 aromatic carbocycles. The quantitative estimate of drug-likeness (QED) is 0.592. The predicted molar refractivity (Wildman–Crippen MR) is 87.5 cm³/mol. The molecule has 1 aliphatic carbocycles. The number of hydrogen-bond donors (Lipinski definition) is 0. The van der Waals surface area contributed by atoms with Gasteiger partial charge in [0.1, 0.15) is 11.5 Å². The maximum atomic E-state index is 6.14. The molecule has 1 heteroatoms. The lowest BCUT2D eigenvalue weighted by molar-refractivity contribution is 0.440. The Hall–Kier alpha value is -2.54. The molecule has 1 fully saturated rings. The molecule has 0 aromatic heterocycles. The van der Waals surface area contributed by atoms with Crippen LogP contribution in [0.3, 0.4) is 0 Å². The summed E-state index contributed by atoms with van der Waals surface area (Å²) < 4.78 is 6.14.